The lowest BCUT2D eigenvalue weighted by Gasteiger charge is -2.25. The van der Waals surface area contributed by atoms with Crippen molar-refractivity contribution in [3.8, 4) is 5.75 Å². The highest BCUT2D eigenvalue weighted by Gasteiger charge is 2.50. The van der Waals surface area contributed by atoms with Crippen LogP contribution < -0.4 is 5.32 Å². The van der Waals surface area contributed by atoms with Crippen molar-refractivity contribution in [1.29, 1.82) is 0 Å². The lowest BCUT2D eigenvalue weighted by atomic mass is 10.1. The molecule has 184 valence electrons. The summed E-state index contributed by atoms with van der Waals surface area (Å²) in [5, 5.41) is 12.9. The quantitative estimate of drug-likeness (QED) is 0.360. The lowest BCUT2D eigenvalue weighted by molar-refractivity contribution is -0.157. The highest BCUT2D eigenvalue weighted by atomic mass is 16.6. The highest BCUT2D eigenvalue weighted by Crippen LogP contribution is 2.37. The molecule has 35 heavy (non-hydrogen) atoms. The van der Waals surface area contributed by atoms with Crippen LogP contribution in [-0.2, 0) is 28.5 Å². The van der Waals surface area contributed by atoms with Crippen molar-refractivity contribution in [3.63, 3.8) is 0 Å². The maximum atomic E-state index is 11.8. The van der Waals surface area contributed by atoms with Gasteiger partial charge in [-0.2, -0.15) is 0 Å². The van der Waals surface area contributed by atoms with E-state index in [0.717, 1.165) is 0 Å². The highest BCUT2D eigenvalue weighted by molar-refractivity contribution is 5.85. The summed E-state index contributed by atoms with van der Waals surface area (Å²) < 4.78 is 24.3. The number of aromatic hydroxyl groups is 1. The van der Waals surface area contributed by atoms with Crippen LogP contribution in [0.25, 0.3) is 11.2 Å². The Morgan fingerprint density at radius 3 is 2.63 bits per heavy atom. The Kier molecular flexibility index (Phi) is 6.82. The van der Waals surface area contributed by atoms with Crippen LogP contribution in [0.5, 0.6) is 5.75 Å². The Morgan fingerprint density at radius 2 is 1.94 bits per heavy atom. The summed E-state index contributed by atoms with van der Waals surface area (Å²) in [7, 11) is 0. The van der Waals surface area contributed by atoms with E-state index in [9.17, 15) is 14.7 Å². The molecule has 3 aromatic rings. The van der Waals surface area contributed by atoms with E-state index in [0.29, 0.717) is 28.4 Å². The standard InChI is InChI=1S/C23H25N5O7/c1-12(2)33-20-19(34-14(4)30)17(9-32-13(3)29)35-23(20)28-11-26-18-21(24-10-25-22(18)28)27-15-6-5-7-16(31)8-15/h5-8,10-11,17,19-20,23,31H,1,9H2,2-4H3,(H,24,25,27). The van der Waals surface area contributed by atoms with E-state index in [-0.39, 0.29) is 12.4 Å². The first kappa shape index (κ1) is 24.0. The second kappa shape index (κ2) is 9.97. The van der Waals surface area contributed by atoms with Gasteiger partial charge in [-0.3, -0.25) is 14.2 Å². The molecule has 0 amide bonds. The number of allylic oxidation sites excluding steroid dienone is 1. The number of carbonyl (C=O) groups excluding carboxylic acids is 2. The summed E-state index contributed by atoms with van der Waals surface area (Å²) >= 11 is 0. The molecule has 1 aliphatic rings. The molecule has 2 N–H and O–H groups in total. The Balaban J connectivity index is 1.71. The van der Waals surface area contributed by atoms with Gasteiger partial charge in [-0.25, -0.2) is 15.0 Å². The minimum absolute atomic E-state index is 0.0975. The van der Waals surface area contributed by atoms with Crippen molar-refractivity contribution in [3.05, 3.63) is 49.3 Å². The van der Waals surface area contributed by atoms with E-state index in [2.05, 4.69) is 26.8 Å². The lowest BCUT2D eigenvalue weighted by Crippen LogP contribution is -2.39. The predicted octanol–water partition coefficient (Wildman–Crippen LogP) is 2.59. The zero-order chi connectivity index (χ0) is 25.1. The van der Waals surface area contributed by atoms with E-state index in [1.54, 1.807) is 35.8 Å². The minimum Gasteiger partial charge on any atom is -0.508 e. The number of nitrogens with one attached hydrogen (secondary N) is 1. The number of benzene rings is 1. The maximum absolute atomic E-state index is 11.8. The Bertz CT molecular complexity index is 1260. The normalized spacial score (nSPS) is 21.5. The van der Waals surface area contributed by atoms with Crippen molar-refractivity contribution in [2.75, 3.05) is 11.9 Å². The minimum atomic E-state index is -0.891. The number of hydrogen-bond donors (Lipinski definition) is 2. The van der Waals surface area contributed by atoms with Gasteiger partial charge < -0.3 is 29.4 Å². The number of anilines is 2. The maximum Gasteiger partial charge on any atom is 0.303 e. The number of aromatic nitrogens is 4. The molecule has 0 bridgehead atoms. The summed E-state index contributed by atoms with van der Waals surface area (Å²) in [5.74, 6) is -0.167. The monoisotopic (exact) mass is 483 g/mol. The van der Waals surface area contributed by atoms with Gasteiger partial charge in [0.05, 0.1) is 12.1 Å². The fourth-order valence-corrected chi connectivity index (χ4v) is 3.81. The smallest absolute Gasteiger partial charge is 0.303 e. The van der Waals surface area contributed by atoms with Gasteiger partial charge in [-0.05, 0) is 19.1 Å². The van der Waals surface area contributed by atoms with E-state index < -0.39 is 36.5 Å². The molecule has 4 atom stereocenters. The van der Waals surface area contributed by atoms with E-state index in [1.807, 2.05) is 0 Å². The number of carbonyl (C=O) groups is 2. The number of phenols is 1. The SMILES string of the molecule is C=C(C)OC1C(OC(C)=O)C(COC(C)=O)OC1n1cnc2c(Nc3cccc(O)c3)ncnc21. The summed E-state index contributed by atoms with van der Waals surface area (Å²) in [6, 6.07) is 6.56. The molecular formula is C23H25N5O7. The third-order valence-electron chi connectivity index (χ3n) is 5.12. The van der Waals surface area contributed by atoms with Gasteiger partial charge in [0.2, 0.25) is 0 Å². The molecule has 1 aromatic carbocycles. The van der Waals surface area contributed by atoms with Crippen LogP contribution in [0, 0.1) is 0 Å². The molecule has 0 radical (unpaired) electrons. The largest absolute Gasteiger partial charge is 0.508 e. The molecule has 0 saturated carbocycles. The Morgan fingerprint density at radius 1 is 1.14 bits per heavy atom. The Hall–Kier alpha value is -4.19. The van der Waals surface area contributed by atoms with Gasteiger partial charge in [-0.15, -0.1) is 0 Å². The first-order valence-corrected chi connectivity index (χ1v) is 10.7. The second-order valence-electron chi connectivity index (χ2n) is 7.95. The zero-order valence-electron chi connectivity index (χ0n) is 19.4. The molecule has 12 nitrogen and oxygen atoms in total. The molecule has 0 spiro atoms. The topological polar surface area (TPSA) is 147 Å². The molecule has 0 aliphatic carbocycles. The van der Waals surface area contributed by atoms with Crippen LogP contribution in [0.15, 0.2) is 49.3 Å². The Labute approximate surface area is 200 Å². The summed E-state index contributed by atoms with van der Waals surface area (Å²) in [6.45, 7) is 7.85. The first-order valence-electron chi connectivity index (χ1n) is 10.7. The van der Waals surface area contributed by atoms with Gasteiger partial charge >= 0.3 is 11.9 Å². The summed E-state index contributed by atoms with van der Waals surface area (Å²) in [4.78, 5) is 36.3. The number of nitrogens with zero attached hydrogens (tertiary/aromatic N) is 4. The number of ether oxygens (including phenoxy) is 4. The van der Waals surface area contributed by atoms with Crippen LogP contribution in [-0.4, -0.2) is 61.5 Å². The van der Waals surface area contributed by atoms with Gasteiger partial charge in [-0.1, -0.05) is 12.6 Å². The van der Waals surface area contributed by atoms with E-state index in [4.69, 9.17) is 18.9 Å². The van der Waals surface area contributed by atoms with Crippen LogP contribution in [0.3, 0.4) is 0 Å². The molecule has 1 saturated heterocycles. The zero-order valence-corrected chi connectivity index (χ0v) is 19.4. The number of phenolic OH excluding ortho intramolecular Hbond substituents is 1. The third kappa shape index (κ3) is 5.32. The van der Waals surface area contributed by atoms with Crippen molar-refractivity contribution < 1.29 is 33.6 Å². The number of fused-ring (bicyclic) bond motifs is 1. The van der Waals surface area contributed by atoms with Gasteiger partial charge in [0.1, 0.15) is 24.8 Å². The van der Waals surface area contributed by atoms with Crippen molar-refractivity contribution >= 4 is 34.6 Å². The second-order valence-corrected chi connectivity index (χ2v) is 7.95. The van der Waals surface area contributed by atoms with Crippen LogP contribution in [0.4, 0.5) is 11.5 Å². The molecule has 4 unspecified atom stereocenters. The summed E-state index contributed by atoms with van der Waals surface area (Å²) in [6.07, 6.45) is -0.503. The average Bonchev–Trinajstić information content (AvgIpc) is 3.34. The van der Waals surface area contributed by atoms with Crippen molar-refractivity contribution in [2.24, 2.45) is 0 Å². The molecule has 2 aromatic heterocycles. The van der Waals surface area contributed by atoms with Crippen LogP contribution in [0.1, 0.15) is 27.0 Å². The van der Waals surface area contributed by atoms with Crippen molar-refractivity contribution in [1.82, 2.24) is 19.5 Å². The van der Waals surface area contributed by atoms with Gasteiger partial charge in [0.25, 0.3) is 0 Å². The number of imidazole rings is 1. The molecule has 1 aliphatic heterocycles. The first-order chi connectivity index (χ1) is 16.7. The average molecular weight is 483 g/mol. The fourth-order valence-electron chi connectivity index (χ4n) is 3.81. The van der Waals surface area contributed by atoms with E-state index in [1.165, 1.54) is 26.5 Å². The fraction of sp³-hybridized carbons (Fsp3) is 0.348. The van der Waals surface area contributed by atoms with Crippen LogP contribution in [0.2, 0.25) is 0 Å². The number of esters is 2. The molecule has 1 fully saturated rings. The van der Waals surface area contributed by atoms with Crippen molar-refractivity contribution in [2.45, 2.75) is 45.3 Å². The van der Waals surface area contributed by atoms with Crippen LogP contribution >= 0.6 is 0 Å². The molecule has 3 heterocycles. The van der Waals surface area contributed by atoms with Gasteiger partial charge in [0, 0.05) is 25.6 Å². The number of hydrogen-bond acceptors (Lipinski definition) is 11. The predicted molar refractivity (Wildman–Crippen MR) is 122 cm³/mol. The van der Waals surface area contributed by atoms with Gasteiger partial charge in [0.15, 0.2) is 35.4 Å². The molecule has 4 rings (SSSR count). The number of rotatable bonds is 8. The molecule has 12 heteroatoms. The molecular weight excluding hydrogens is 458 g/mol. The van der Waals surface area contributed by atoms with E-state index >= 15 is 0 Å². The third-order valence-corrected chi connectivity index (χ3v) is 5.12. The summed E-state index contributed by atoms with van der Waals surface area (Å²) in [5.41, 5.74) is 1.45.